The number of carbonyl (C=O) groups excluding carboxylic acids is 1. The third-order valence-corrected chi connectivity index (χ3v) is 7.47. The highest BCUT2D eigenvalue weighted by molar-refractivity contribution is 5.93. The van der Waals surface area contributed by atoms with Crippen LogP contribution in [-0.2, 0) is 23.1 Å². The number of ether oxygens (including phenoxy) is 1. The molecule has 10 nitrogen and oxygen atoms in total. The van der Waals surface area contributed by atoms with E-state index in [0.717, 1.165) is 29.9 Å². The maximum atomic E-state index is 13.7. The molecular formula is C30H33N7O3. The van der Waals surface area contributed by atoms with Crippen LogP contribution in [0.1, 0.15) is 43.0 Å². The third-order valence-electron chi connectivity index (χ3n) is 7.47. The summed E-state index contributed by atoms with van der Waals surface area (Å²) >= 11 is 0. The molecule has 6 rings (SSSR count). The van der Waals surface area contributed by atoms with Gasteiger partial charge >= 0.3 is 0 Å². The fourth-order valence-electron chi connectivity index (χ4n) is 5.23. The molecule has 40 heavy (non-hydrogen) atoms. The van der Waals surface area contributed by atoms with Crippen LogP contribution >= 0.6 is 0 Å². The lowest BCUT2D eigenvalue weighted by atomic mass is 9.98. The van der Waals surface area contributed by atoms with Gasteiger partial charge in [0.05, 0.1) is 18.4 Å². The average Bonchev–Trinajstić information content (AvgIpc) is 3.79. The largest absolute Gasteiger partial charge is 0.445 e. The van der Waals surface area contributed by atoms with Gasteiger partial charge in [-0.25, -0.2) is 9.67 Å². The first-order valence-electron chi connectivity index (χ1n) is 13.8. The van der Waals surface area contributed by atoms with Crippen LogP contribution in [0.4, 0.5) is 11.6 Å². The molecule has 5 heterocycles. The third kappa shape index (κ3) is 5.81. The molecule has 0 spiro atoms. The van der Waals surface area contributed by atoms with Crippen molar-refractivity contribution in [1.82, 2.24) is 24.7 Å². The number of nitrogens with zero attached hydrogens (tertiary/aromatic N) is 7. The van der Waals surface area contributed by atoms with Crippen LogP contribution in [0, 0.1) is 5.92 Å². The van der Waals surface area contributed by atoms with E-state index >= 15 is 0 Å². The highest BCUT2D eigenvalue weighted by atomic mass is 16.5. The zero-order chi connectivity index (χ0) is 27.3. The van der Waals surface area contributed by atoms with Crippen molar-refractivity contribution < 1.29 is 13.9 Å². The first kappa shape index (κ1) is 25.9. The van der Waals surface area contributed by atoms with Gasteiger partial charge in [-0.1, -0.05) is 18.2 Å². The van der Waals surface area contributed by atoms with E-state index in [2.05, 4.69) is 44.2 Å². The molecule has 2 saturated heterocycles. The van der Waals surface area contributed by atoms with Crippen LogP contribution in [0.2, 0.25) is 0 Å². The standard InChI is InChI=1S/C30H33N7O3/c1-35-27(9-10-28-31-13-18-40-28)33-30(34-35)37(29(38)23-11-16-39-17-12-23)21-22-7-8-26(32-20-22)24-5-4-6-25(19-24)36-14-2-3-15-36/h4-10,13,18-20,23H,2-3,11-12,14-17,21H2,1H3/b10-9+. The number of rotatable bonds is 8. The molecule has 4 aromatic rings. The molecular weight excluding hydrogens is 506 g/mol. The summed E-state index contributed by atoms with van der Waals surface area (Å²) in [5.74, 6) is 1.28. The van der Waals surface area contributed by atoms with Crippen LogP contribution in [0.5, 0.6) is 0 Å². The normalized spacial score (nSPS) is 16.2. The summed E-state index contributed by atoms with van der Waals surface area (Å²) in [4.78, 5) is 31.4. The number of oxazole rings is 1. The molecule has 1 amide bonds. The molecule has 0 unspecified atom stereocenters. The smallest absolute Gasteiger partial charge is 0.252 e. The molecule has 2 aliphatic rings. The molecule has 206 valence electrons. The second-order valence-electron chi connectivity index (χ2n) is 10.2. The molecule has 0 aliphatic carbocycles. The number of pyridine rings is 1. The quantitative estimate of drug-likeness (QED) is 0.320. The number of aryl methyl sites for hydroxylation is 1. The topological polar surface area (TPSA) is 102 Å². The Morgan fingerprint density at radius 3 is 2.70 bits per heavy atom. The predicted molar refractivity (Wildman–Crippen MR) is 152 cm³/mol. The van der Waals surface area contributed by atoms with Gasteiger partial charge < -0.3 is 14.1 Å². The highest BCUT2D eigenvalue weighted by Crippen LogP contribution is 2.27. The first-order chi connectivity index (χ1) is 19.6. The van der Waals surface area contributed by atoms with Gasteiger partial charge in [0, 0.05) is 62.8 Å². The van der Waals surface area contributed by atoms with E-state index in [-0.39, 0.29) is 11.8 Å². The zero-order valence-corrected chi connectivity index (χ0v) is 22.6. The van der Waals surface area contributed by atoms with E-state index in [0.29, 0.717) is 50.3 Å². The number of hydrogen-bond donors (Lipinski definition) is 0. The molecule has 0 saturated carbocycles. The Balaban J connectivity index is 1.24. The van der Waals surface area contributed by atoms with E-state index in [1.165, 1.54) is 24.8 Å². The van der Waals surface area contributed by atoms with Gasteiger partial charge in [0.2, 0.25) is 11.8 Å². The average molecular weight is 540 g/mol. The summed E-state index contributed by atoms with van der Waals surface area (Å²) < 4.78 is 12.4. The lowest BCUT2D eigenvalue weighted by Gasteiger charge is -2.27. The molecule has 0 bridgehead atoms. The Hall–Kier alpha value is -4.31. The molecule has 0 N–H and O–H groups in total. The summed E-state index contributed by atoms with van der Waals surface area (Å²) in [6.07, 6.45) is 12.3. The minimum absolute atomic E-state index is 0.000443. The maximum Gasteiger partial charge on any atom is 0.252 e. The molecule has 3 aromatic heterocycles. The van der Waals surface area contributed by atoms with Crippen molar-refractivity contribution in [2.45, 2.75) is 32.2 Å². The minimum Gasteiger partial charge on any atom is -0.445 e. The lowest BCUT2D eigenvalue weighted by molar-refractivity contribution is -0.125. The molecule has 10 heteroatoms. The van der Waals surface area contributed by atoms with Crippen molar-refractivity contribution in [3.05, 3.63) is 72.3 Å². The number of anilines is 2. The van der Waals surface area contributed by atoms with Crippen LogP contribution in [-0.4, -0.2) is 56.9 Å². The van der Waals surface area contributed by atoms with Crippen LogP contribution in [0.3, 0.4) is 0 Å². The van der Waals surface area contributed by atoms with Gasteiger partial charge in [-0.15, -0.1) is 5.10 Å². The van der Waals surface area contributed by atoms with Crippen molar-refractivity contribution in [3.8, 4) is 11.3 Å². The van der Waals surface area contributed by atoms with Gasteiger partial charge in [-0.3, -0.25) is 14.7 Å². The van der Waals surface area contributed by atoms with Crippen molar-refractivity contribution in [2.75, 3.05) is 36.1 Å². The fourth-order valence-corrected chi connectivity index (χ4v) is 5.23. The SMILES string of the molecule is Cn1nc(N(Cc2ccc(-c3cccc(N4CCCC4)c3)nc2)C(=O)C2CCOCC2)nc1/C=C/c1ncco1. The van der Waals surface area contributed by atoms with Gasteiger partial charge in [0.15, 0.2) is 5.82 Å². The predicted octanol–water partition coefficient (Wildman–Crippen LogP) is 4.60. The number of aromatic nitrogens is 5. The number of amides is 1. The maximum absolute atomic E-state index is 13.7. The van der Waals surface area contributed by atoms with Crippen LogP contribution < -0.4 is 9.80 Å². The van der Waals surface area contributed by atoms with Gasteiger partial charge in [0.1, 0.15) is 6.26 Å². The van der Waals surface area contributed by atoms with Gasteiger partial charge in [0.25, 0.3) is 5.95 Å². The summed E-state index contributed by atoms with van der Waals surface area (Å²) in [5, 5.41) is 4.59. The second-order valence-corrected chi connectivity index (χ2v) is 10.2. The first-order valence-corrected chi connectivity index (χ1v) is 13.8. The molecule has 2 aliphatic heterocycles. The summed E-state index contributed by atoms with van der Waals surface area (Å²) in [6, 6.07) is 12.6. The van der Waals surface area contributed by atoms with Crippen molar-refractivity contribution in [1.29, 1.82) is 0 Å². The lowest BCUT2D eigenvalue weighted by Crippen LogP contribution is -2.39. The summed E-state index contributed by atoms with van der Waals surface area (Å²) in [5.41, 5.74) is 4.13. The van der Waals surface area contributed by atoms with Crippen molar-refractivity contribution in [2.24, 2.45) is 13.0 Å². The molecule has 2 fully saturated rings. The Morgan fingerprint density at radius 1 is 1.10 bits per heavy atom. The van der Waals surface area contributed by atoms with Crippen molar-refractivity contribution in [3.63, 3.8) is 0 Å². The molecule has 1 aromatic carbocycles. The van der Waals surface area contributed by atoms with E-state index < -0.39 is 0 Å². The number of benzene rings is 1. The summed E-state index contributed by atoms with van der Waals surface area (Å²) in [6.45, 7) is 3.69. The van der Waals surface area contributed by atoms with Crippen molar-refractivity contribution >= 4 is 29.7 Å². The zero-order valence-electron chi connectivity index (χ0n) is 22.6. The molecule has 0 radical (unpaired) electrons. The number of carbonyl (C=O) groups is 1. The Bertz CT molecular complexity index is 1450. The van der Waals surface area contributed by atoms with E-state index in [9.17, 15) is 4.79 Å². The second kappa shape index (κ2) is 11.8. The minimum atomic E-state index is -0.135. The highest BCUT2D eigenvalue weighted by Gasteiger charge is 2.30. The van der Waals surface area contributed by atoms with Gasteiger partial charge in [-0.05, 0) is 55.5 Å². The van der Waals surface area contributed by atoms with Crippen LogP contribution in [0.25, 0.3) is 23.4 Å². The fraction of sp³-hybridized carbons (Fsp3) is 0.367. The number of hydrogen-bond acceptors (Lipinski definition) is 8. The Morgan fingerprint density at radius 2 is 1.95 bits per heavy atom. The van der Waals surface area contributed by atoms with E-state index in [1.54, 1.807) is 35.0 Å². The summed E-state index contributed by atoms with van der Waals surface area (Å²) in [7, 11) is 1.80. The van der Waals surface area contributed by atoms with E-state index in [1.807, 2.05) is 18.3 Å². The Labute approximate surface area is 233 Å². The van der Waals surface area contributed by atoms with Gasteiger partial charge in [-0.2, -0.15) is 4.98 Å². The Kier molecular flexibility index (Phi) is 7.67. The van der Waals surface area contributed by atoms with Crippen LogP contribution in [0.15, 0.2) is 59.5 Å². The monoisotopic (exact) mass is 539 g/mol. The molecule has 0 atom stereocenters. The van der Waals surface area contributed by atoms with E-state index in [4.69, 9.17) is 14.1 Å².